The highest BCUT2D eigenvalue weighted by Gasteiger charge is 2.40. The first-order valence-electron chi connectivity index (χ1n) is 12.9. The summed E-state index contributed by atoms with van der Waals surface area (Å²) in [6, 6.07) is 8.12. The number of piperazine rings is 1. The molecule has 1 aromatic carbocycles. The van der Waals surface area contributed by atoms with Gasteiger partial charge in [0.05, 0.1) is 6.61 Å². The van der Waals surface area contributed by atoms with Crippen molar-refractivity contribution in [1.29, 1.82) is 0 Å². The van der Waals surface area contributed by atoms with E-state index in [1.165, 1.54) is 17.0 Å². The number of carbonyl (C=O) groups is 1. The van der Waals surface area contributed by atoms with Crippen molar-refractivity contribution in [2.45, 2.75) is 46.6 Å². The number of benzene rings is 1. The SMILES string of the molecule is Cc1cc(OCC2(CC(=O)N3CCN(C)CC3)CCCN(Cc3cc(C)n(C)c3C)C2)ccc1Cl. The summed E-state index contributed by atoms with van der Waals surface area (Å²) < 4.78 is 8.63. The Bertz CT molecular complexity index is 1040. The Kier molecular flexibility index (Phi) is 8.14. The molecule has 6 nitrogen and oxygen atoms in total. The molecule has 7 heteroatoms. The van der Waals surface area contributed by atoms with Crippen LogP contribution in [0.5, 0.6) is 5.75 Å². The van der Waals surface area contributed by atoms with Crippen LogP contribution in [0.15, 0.2) is 24.3 Å². The largest absolute Gasteiger partial charge is 0.493 e. The molecule has 0 spiro atoms. The molecule has 2 fully saturated rings. The maximum atomic E-state index is 13.5. The van der Waals surface area contributed by atoms with Crippen molar-refractivity contribution in [3.63, 3.8) is 0 Å². The van der Waals surface area contributed by atoms with E-state index in [1.807, 2.05) is 25.1 Å². The third-order valence-electron chi connectivity index (χ3n) is 8.07. The summed E-state index contributed by atoms with van der Waals surface area (Å²) >= 11 is 6.23. The van der Waals surface area contributed by atoms with E-state index in [1.54, 1.807) is 0 Å². The quantitative estimate of drug-likeness (QED) is 0.564. The van der Waals surface area contributed by atoms with Crippen LogP contribution in [0, 0.1) is 26.2 Å². The number of piperidine rings is 1. The molecule has 1 unspecified atom stereocenters. The minimum Gasteiger partial charge on any atom is -0.493 e. The first kappa shape index (κ1) is 26.1. The van der Waals surface area contributed by atoms with Gasteiger partial charge in [-0.25, -0.2) is 0 Å². The van der Waals surface area contributed by atoms with Gasteiger partial charge in [-0.1, -0.05) is 11.6 Å². The minimum atomic E-state index is -0.204. The lowest BCUT2D eigenvalue weighted by Gasteiger charge is -2.43. The lowest BCUT2D eigenvalue weighted by atomic mass is 9.77. The standard InChI is InChI=1S/C28H41ClN4O2/c1-21-15-25(7-8-26(21)29)35-20-28(17-27(34)33-13-11-30(4)12-14-33)9-6-10-32(19-28)18-24-16-22(2)31(5)23(24)3/h7-8,15-16H,6,9-14,17-20H2,1-5H3. The average Bonchev–Trinajstić information content (AvgIpc) is 3.07. The van der Waals surface area contributed by atoms with E-state index < -0.39 is 0 Å². The van der Waals surface area contributed by atoms with Gasteiger partial charge >= 0.3 is 0 Å². The molecule has 1 atom stereocenters. The maximum absolute atomic E-state index is 13.5. The Labute approximate surface area is 215 Å². The molecule has 35 heavy (non-hydrogen) atoms. The van der Waals surface area contributed by atoms with Gasteiger partial charge in [-0.15, -0.1) is 0 Å². The molecular weight excluding hydrogens is 460 g/mol. The van der Waals surface area contributed by atoms with E-state index in [-0.39, 0.29) is 11.3 Å². The highest BCUT2D eigenvalue weighted by atomic mass is 35.5. The molecule has 1 aromatic heterocycles. The van der Waals surface area contributed by atoms with Gasteiger partial charge in [-0.05, 0) is 82.6 Å². The van der Waals surface area contributed by atoms with Gasteiger partial charge in [-0.2, -0.15) is 0 Å². The number of hydrogen-bond acceptors (Lipinski definition) is 4. The van der Waals surface area contributed by atoms with E-state index in [2.05, 4.69) is 53.3 Å². The third kappa shape index (κ3) is 6.22. The van der Waals surface area contributed by atoms with Gasteiger partial charge in [-0.3, -0.25) is 9.69 Å². The van der Waals surface area contributed by atoms with Crippen molar-refractivity contribution in [2.24, 2.45) is 12.5 Å². The molecule has 2 aliphatic rings. The van der Waals surface area contributed by atoms with Crippen molar-refractivity contribution >= 4 is 17.5 Å². The van der Waals surface area contributed by atoms with Crippen LogP contribution < -0.4 is 4.74 Å². The first-order chi connectivity index (χ1) is 16.7. The van der Waals surface area contributed by atoms with Crippen molar-refractivity contribution in [3.05, 3.63) is 51.8 Å². The fourth-order valence-electron chi connectivity index (χ4n) is 5.52. The predicted octanol–water partition coefficient (Wildman–Crippen LogP) is 4.43. The Morgan fingerprint density at radius 3 is 2.46 bits per heavy atom. The number of hydrogen-bond donors (Lipinski definition) is 0. The zero-order valence-electron chi connectivity index (χ0n) is 22.1. The molecule has 0 radical (unpaired) electrons. The number of aryl methyl sites for hydroxylation is 2. The van der Waals surface area contributed by atoms with Crippen LogP contribution in [0.1, 0.15) is 41.8 Å². The molecule has 0 N–H and O–H groups in total. The van der Waals surface area contributed by atoms with Crippen LogP contribution in [0.3, 0.4) is 0 Å². The molecule has 192 valence electrons. The molecule has 2 aromatic rings. The summed E-state index contributed by atoms with van der Waals surface area (Å²) in [7, 11) is 4.25. The second kappa shape index (κ2) is 10.9. The molecule has 0 aliphatic carbocycles. The molecule has 1 amide bonds. The molecule has 2 saturated heterocycles. The Morgan fingerprint density at radius 1 is 1.06 bits per heavy atom. The average molecular weight is 501 g/mol. The van der Waals surface area contributed by atoms with Gasteiger partial charge in [0.25, 0.3) is 0 Å². The van der Waals surface area contributed by atoms with Gasteiger partial charge in [0.15, 0.2) is 0 Å². The van der Waals surface area contributed by atoms with Crippen LogP contribution in [0.2, 0.25) is 5.02 Å². The number of rotatable bonds is 7. The highest BCUT2D eigenvalue weighted by molar-refractivity contribution is 6.31. The van der Waals surface area contributed by atoms with Crippen molar-refractivity contribution in [1.82, 2.24) is 19.3 Å². The number of amides is 1. The summed E-state index contributed by atoms with van der Waals surface area (Å²) in [6.07, 6.45) is 2.61. The molecular formula is C28H41ClN4O2. The van der Waals surface area contributed by atoms with E-state index in [4.69, 9.17) is 16.3 Å². The Hall–Kier alpha value is -2.02. The lowest BCUT2D eigenvalue weighted by Crippen LogP contribution is -2.52. The Morgan fingerprint density at radius 2 is 1.80 bits per heavy atom. The van der Waals surface area contributed by atoms with Crippen LogP contribution in [0.25, 0.3) is 0 Å². The second-order valence-electron chi connectivity index (χ2n) is 10.8. The Balaban J connectivity index is 1.51. The van der Waals surface area contributed by atoms with Crippen LogP contribution in [0.4, 0.5) is 0 Å². The second-order valence-corrected chi connectivity index (χ2v) is 11.2. The zero-order chi connectivity index (χ0) is 25.2. The van der Waals surface area contributed by atoms with Crippen molar-refractivity contribution in [2.75, 3.05) is 52.9 Å². The summed E-state index contributed by atoms with van der Waals surface area (Å²) in [5.74, 6) is 1.09. The number of aromatic nitrogens is 1. The van der Waals surface area contributed by atoms with E-state index in [0.717, 1.165) is 75.0 Å². The molecule has 0 bridgehead atoms. The van der Waals surface area contributed by atoms with Crippen molar-refractivity contribution in [3.8, 4) is 5.75 Å². The van der Waals surface area contributed by atoms with Gasteiger partial charge in [0.1, 0.15) is 5.75 Å². The highest BCUT2D eigenvalue weighted by Crippen LogP contribution is 2.36. The number of likely N-dealkylation sites (N-methyl/N-ethyl adjacent to an activating group) is 1. The predicted molar refractivity (Wildman–Crippen MR) is 142 cm³/mol. The van der Waals surface area contributed by atoms with Crippen LogP contribution in [-0.2, 0) is 18.4 Å². The van der Waals surface area contributed by atoms with Crippen LogP contribution in [-0.4, -0.2) is 78.1 Å². The van der Waals surface area contributed by atoms with E-state index in [0.29, 0.717) is 13.0 Å². The third-order valence-corrected chi connectivity index (χ3v) is 8.50. The molecule has 4 rings (SSSR count). The molecule has 3 heterocycles. The minimum absolute atomic E-state index is 0.204. The molecule has 0 saturated carbocycles. The fraction of sp³-hybridized carbons (Fsp3) is 0.607. The van der Waals surface area contributed by atoms with E-state index >= 15 is 0 Å². The summed E-state index contributed by atoms with van der Waals surface area (Å²) in [6.45, 7) is 13.2. The summed E-state index contributed by atoms with van der Waals surface area (Å²) in [5, 5.41) is 0.745. The van der Waals surface area contributed by atoms with Gasteiger partial charge in [0.2, 0.25) is 5.91 Å². The van der Waals surface area contributed by atoms with E-state index in [9.17, 15) is 4.79 Å². The number of halogens is 1. The number of likely N-dealkylation sites (tertiary alicyclic amines) is 1. The number of ether oxygens (including phenoxy) is 1. The number of nitrogens with zero attached hydrogens (tertiary/aromatic N) is 4. The monoisotopic (exact) mass is 500 g/mol. The molecule has 2 aliphatic heterocycles. The van der Waals surface area contributed by atoms with Crippen molar-refractivity contribution < 1.29 is 9.53 Å². The topological polar surface area (TPSA) is 41.0 Å². The maximum Gasteiger partial charge on any atom is 0.223 e. The van der Waals surface area contributed by atoms with Gasteiger partial charge < -0.3 is 19.1 Å². The fourth-order valence-corrected chi connectivity index (χ4v) is 5.64. The first-order valence-corrected chi connectivity index (χ1v) is 13.2. The normalized spacial score (nSPS) is 21.9. The smallest absolute Gasteiger partial charge is 0.223 e. The summed E-state index contributed by atoms with van der Waals surface area (Å²) in [4.78, 5) is 20.3. The summed E-state index contributed by atoms with van der Waals surface area (Å²) in [5.41, 5.74) is 4.78. The van der Waals surface area contributed by atoms with Gasteiger partial charge in [0, 0.05) is 74.6 Å². The lowest BCUT2D eigenvalue weighted by molar-refractivity contribution is -0.137. The zero-order valence-corrected chi connectivity index (χ0v) is 22.8. The number of carbonyl (C=O) groups excluding carboxylic acids is 1. The van der Waals surface area contributed by atoms with Crippen LogP contribution >= 0.6 is 11.6 Å².